The third kappa shape index (κ3) is 5.31. The predicted molar refractivity (Wildman–Crippen MR) is 108 cm³/mol. The molecular formula is C22H29N3O2. The van der Waals surface area contributed by atoms with Gasteiger partial charge in [0.1, 0.15) is 5.75 Å². The minimum atomic E-state index is 0.0429. The van der Waals surface area contributed by atoms with E-state index in [4.69, 9.17) is 10.5 Å². The Labute approximate surface area is 161 Å². The maximum atomic E-state index is 12.4. The van der Waals surface area contributed by atoms with Gasteiger partial charge in [-0.25, -0.2) is 0 Å². The number of rotatable bonds is 8. The molecule has 1 aliphatic heterocycles. The van der Waals surface area contributed by atoms with Crippen LogP contribution < -0.4 is 15.8 Å². The van der Waals surface area contributed by atoms with Crippen LogP contribution in [0.25, 0.3) is 0 Å². The Morgan fingerprint density at radius 2 is 2.00 bits per heavy atom. The highest BCUT2D eigenvalue weighted by molar-refractivity contribution is 5.78. The zero-order valence-corrected chi connectivity index (χ0v) is 15.9. The fraction of sp³-hybridized carbons (Fsp3) is 0.409. The van der Waals surface area contributed by atoms with Crippen LogP contribution in [-0.2, 0) is 11.3 Å². The molecule has 2 atom stereocenters. The molecule has 0 bridgehead atoms. The zero-order valence-electron chi connectivity index (χ0n) is 15.9. The number of carbonyl (C=O) groups is 1. The van der Waals surface area contributed by atoms with Crippen molar-refractivity contribution >= 4 is 5.91 Å². The first-order valence-corrected chi connectivity index (χ1v) is 9.65. The quantitative estimate of drug-likeness (QED) is 0.752. The molecule has 5 nitrogen and oxygen atoms in total. The van der Waals surface area contributed by atoms with E-state index < -0.39 is 0 Å². The molecule has 1 amide bonds. The van der Waals surface area contributed by atoms with E-state index in [9.17, 15) is 4.79 Å². The van der Waals surface area contributed by atoms with Crippen molar-refractivity contribution in [1.29, 1.82) is 0 Å². The minimum Gasteiger partial charge on any atom is -0.494 e. The van der Waals surface area contributed by atoms with Gasteiger partial charge >= 0.3 is 0 Å². The van der Waals surface area contributed by atoms with Crippen molar-refractivity contribution in [3.8, 4) is 5.75 Å². The van der Waals surface area contributed by atoms with Crippen molar-refractivity contribution in [3.63, 3.8) is 0 Å². The predicted octanol–water partition coefficient (Wildman–Crippen LogP) is 2.38. The maximum absolute atomic E-state index is 12.4. The molecule has 1 fully saturated rings. The molecule has 3 rings (SSSR count). The van der Waals surface area contributed by atoms with Gasteiger partial charge in [-0.3, -0.25) is 9.69 Å². The number of hydrogen-bond acceptors (Lipinski definition) is 4. The second-order valence-electron chi connectivity index (χ2n) is 7.06. The summed E-state index contributed by atoms with van der Waals surface area (Å²) in [6.45, 7) is 5.89. The molecule has 0 spiro atoms. The van der Waals surface area contributed by atoms with Crippen LogP contribution in [-0.4, -0.2) is 43.6 Å². The number of likely N-dealkylation sites (tertiary alicyclic amines) is 1. The third-order valence-corrected chi connectivity index (χ3v) is 5.11. The summed E-state index contributed by atoms with van der Waals surface area (Å²) in [5.41, 5.74) is 8.34. The molecule has 3 N–H and O–H groups in total. The van der Waals surface area contributed by atoms with Crippen LogP contribution in [0.15, 0.2) is 54.6 Å². The standard InChI is InChI=1S/C22H29N3O2/c1-2-27-20-10-6-7-17(11-20)13-24-22(26)16-25-14-19(12-23)21(15-25)18-8-4-3-5-9-18/h3-11,19,21H,2,12-16,23H2,1H3,(H,24,26)/t19-,21+/m1/s1. The van der Waals surface area contributed by atoms with Crippen molar-refractivity contribution in [2.75, 3.05) is 32.8 Å². The lowest BCUT2D eigenvalue weighted by Crippen LogP contribution is -2.36. The molecule has 27 heavy (non-hydrogen) atoms. The number of carbonyl (C=O) groups excluding carboxylic acids is 1. The van der Waals surface area contributed by atoms with E-state index in [1.54, 1.807) is 0 Å². The first-order valence-electron chi connectivity index (χ1n) is 9.65. The molecule has 0 aromatic heterocycles. The molecule has 1 saturated heterocycles. The molecule has 5 heteroatoms. The molecular weight excluding hydrogens is 338 g/mol. The van der Waals surface area contributed by atoms with Crippen molar-refractivity contribution in [3.05, 3.63) is 65.7 Å². The van der Waals surface area contributed by atoms with E-state index >= 15 is 0 Å². The van der Waals surface area contributed by atoms with E-state index in [-0.39, 0.29) is 5.91 Å². The number of nitrogens with one attached hydrogen (secondary N) is 1. The van der Waals surface area contributed by atoms with Crippen molar-refractivity contribution < 1.29 is 9.53 Å². The topological polar surface area (TPSA) is 67.6 Å². The Morgan fingerprint density at radius 3 is 2.74 bits per heavy atom. The Kier molecular flexibility index (Phi) is 6.85. The smallest absolute Gasteiger partial charge is 0.234 e. The molecule has 0 saturated carbocycles. The van der Waals surface area contributed by atoms with Crippen LogP contribution in [0.5, 0.6) is 5.75 Å². The van der Waals surface area contributed by atoms with E-state index in [1.165, 1.54) is 5.56 Å². The molecule has 1 aliphatic rings. The first kappa shape index (κ1) is 19.4. The summed E-state index contributed by atoms with van der Waals surface area (Å²) in [7, 11) is 0. The average molecular weight is 367 g/mol. The van der Waals surface area contributed by atoms with Crippen LogP contribution >= 0.6 is 0 Å². The summed E-state index contributed by atoms with van der Waals surface area (Å²) >= 11 is 0. The molecule has 2 aromatic carbocycles. The lowest BCUT2D eigenvalue weighted by Gasteiger charge is -2.16. The average Bonchev–Trinajstić information content (AvgIpc) is 3.10. The van der Waals surface area contributed by atoms with Crippen LogP contribution in [0.4, 0.5) is 0 Å². The third-order valence-electron chi connectivity index (χ3n) is 5.11. The zero-order chi connectivity index (χ0) is 19.1. The SMILES string of the molecule is CCOc1cccc(CNC(=O)CN2C[C@@H](CN)[C@H](c3ccccc3)C2)c1. The van der Waals surface area contributed by atoms with Crippen LogP contribution in [0, 0.1) is 5.92 Å². The molecule has 0 aliphatic carbocycles. The largest absolute Gasteiger partial charge is 0.494 e. The fourth-order valence-electron chi connectivity index (χ4n) is 3.78. The van der Waals surface area contributed by atoms with E-state index in [1.807, 2.05) is 37.3 Å². The lowest BCUT2D eigenvalue weighted by atomic mass is 9.89. The van der Waals surface area contributed by atoms with Gasteiger partial charge in [0.2, 0.25) is 5.91 Å². The number of nitrogens with two attached hydrogens (primary N) is 1. The Balaban J connectivity index is 1.51. The lowest BCUT2D eigenvalue weighted by molar-refractivity contribution is -0.122. The number of benzene rings is 2. The van der Waals surface area contributed by atoms with Gasteiger partial charge in [0.25, 0.3) is 0 Å². The summed E-state index contributed by atoms with van der Waals surface area (Å²) < 4.78 is 5.51. The van der Waals surface area contributed by atoms with Gasteiger partial charge in [-0.05, 0) is 42.6 Å². The summed E-state index contributed by atoms with van der Waals surface area (Å²) in [6, 6.07) is 18.3. The van der Waals surface area contributed by atoms with Crippen molar-refractivity contribution in [2.24, 2.45) is 11.7 Å². The molecule has 0 radical (unpaired) electrons. The fourth-order valence-corrected chi connectivity index (χ4v) is 3.78. The van der Waals surface area contributed by atoms with Crippen LogP contribution in [0.1, 0.15) is 24.0 Å². The number of nitrogens with zero attached hydrogens (tertiary/aromatic N) is 1. The van der Waals surface area contributed by atoms with E-state index in [2.05, 4.69) is 34.5 Å². The molecule has 0 unspecified atom stereocenters. The van der Waals surface area contributed by atoms with Gasteiger partial charge in [-0.1, -0.05) is 42.5 Å². The minimum absolute atomic E-state index is 0.0429. The Hall–Kier alpha value is -2.37. The van der Waals surface area contributed by atoms with Gasteiger partial charge < -0.3 is 15.8 Å². The highest BCUT2D eigenvalue weighted by Gasteiger charge is 2.33. The normalized spacial score (nSPS) is 19.8. The van der Waals surface area contributed by atoms with E-state index in [0.717, 1.165) is 24.4 Å². The second kappa shape index (κ2) is 9.53. The molecule has 1 heterocycles. The van der Waals surface area contributed by atoms with Gasteiger partial charge in [0, 0.05) is 25.6 Å². The van der Waals surface area contributed by atoms with Gasteiger partial charge in [0.05, 0.1) is 13.2 Å². The summed E-state index contributed by atoms with van der Waals surface area (Å²) in [6.07, 6.45) is 0. The molecule has 2 aromatic rings. The number of ether oxygens (including phenoxy) is 1. The summed E-state index contributed by atoms with van der Waals surface area (Å²) in [5.74, 6) is 1.66. The van der Waals surface area contributed by atoms with E-state index in [0.29, 0.717) is 38.1 Å². The molecule has 144 valence electrons. The highest BCUT2D eigenvalue weighted by atomic mass is 16.5. The van der Waals surface area contributed by atoms with Gasteiger partial charge in [-0.2, -0.15) is 0 Å². The second-order valence-corrected chi connectivity index (χ2v) is 7.06. The van der Waals surface area contributed by atoms with Crippen LogP contribution in [0.2, 0.25) is 0 Å². The van der Waals surface area contributed by atoms with Gasteiger partial charge in [0.15, 0.2) is 0 Å². The Bertz CT molecular complexity index is 735. The highest BCUT2D eigenvalue weighted by Crippen LogP contribution is 2.31. The van der Waals surface area contributed by atoms with Crippen LogP contribution in [0.3, 0.4) is 0 Å². The summed E-state index contributed by atoms with van der Waals surface area (Å²) in [4.78, 5) is 14.6. The Morgan fingerprint density at radius 1 is 1.19 bits per heavy atom. The monoisotopic (exact) mass is 367 g/mol. The number of hydrogen-bond donors (Lipinski definition) is 2. The number of amides is 1. The van der Waals surface area contributed by atoms with Crippen molar-refractivity contribution in [2.45, 2.75) is 19.4 Å². The summed E-state index contributed by atoms with van der Waals surface area (Å²) in [5, 5.41) is 3.02. The van der Waals surface area contributed by atoms with Gasteiger partial charge in [-0.15, -0.1) is 0 Å². The maximum Gasteiger partial charge on any atom is 0.234 e. The van der Waals surface area contributed by atoms with Crippen molar-refractivity contribution in [1.82, 2.24) is 10.2 Å². The first-order chi connectivity index (χ1) is 13.2.